The molecule has 0 aliphatic carbocycles. The van der Waals surface area contributed by atoms with Gasteiger partial charge in [-0.25, -0.2) is 9.78 Å². The summed E-state index contributed by atoms with van der Waals surface area (Å²) in [6.45, 7) is 11.5. The van der Waals surface area contributed by atoms with E-state index in [2.05, 4.69) is 91.8 Å². The zero-order valence-corrected chi connectivity index (χ0v) is 35.2. The van der Waals surface area contributed by atoms with Crippen LogP contribution in [0.25, 0.3) is 10.2 Å². The zero-order chi connectivity index (χ0) is 35.4. The Labute approximate surface area is 323 Å². The van der Waals surface area contributed by atoms with Crippen molar-refractivity contribution in [1.82, 2.24) is 19.7 Å². The molecule has 0 amide bonds. The van der Waals surface area contributed by atoms with E-state index in [1.54, 1.807) is 11.3 Å². The summed E-state index contributed by atoms with van der Waals surface area (Å²) < 4.78 is 22.6. The lowest BCUT2D eigenvalue weighted by Crippen LogP contribution is -2.27. The topological polar surface area (TPSA) is 104 Å². The number of esters is 1. The largest absolute Gasteiger partial charge is 0.492 e. The number of methoxy groups -OCH3 is 1. The molecule has 0 unspecified atom stereocenters. The van der Waals surface area contributed by atoms with E-state index in [9.17, 15) is 4.79 Å². The van der Waals surface area contributed by atoms with E-state index in [-0.39, 0.29) is 0 Å². The highest BCUT2D eigenvalue weighted by Crippen LogP contribution is 2.39. The summed E-state index contributed by atoms with van der Waals surface area (Å²) in [5, 5.41) is 10.1. The molecule has 15 heteroatoms. The Kier molecular flexibility index (Phi) is 12.1. The van der Waals surface area contributed by atoms with Crippen LogP contribution in [0.15, 0.2) is 51.9 Å². The molecule has 2 aromatic carbocycles. The number of rotatable bonds is 13. The first-order valence-electron chi connectivity index (χ1n) is 16.5. The minimum Gasteiger partial charge on any atom is -0.492 e. The Morgan fingerprint density at radius 1 is 1.12 bits per heavy atom. The third-order valence-corrected chi connectivity index (χ3v) is 13.6. The van der Waals surface area contributed by atoms with Crippen molar-refractivity contribution >= 4 is 102 Å². The Bertz CT molecular complexity index is 2080. The average Bonchev–Trinajstić information content (AvgIpc) is 3.67. The predicted molar refractivity (Wildman–Crippen MR) is 215 cm³/mol. The lowest BCUT2D eigenvalue weighted by atomic mass is 10.0. The van der Waals surface area contributed by atoms with Crippen LogP contribution in [0.4, 0.5) is 16.8 Å². The van der Waals surface area contributed by atoms with E-state index < -0.39 is 14.0 Å². The Hall–Kier alpha value is -2.70. The van der Waals surface area contributed by atoms with Gasteiger partial charge in [-0.05, 0) is 108 Å². The third-order valence-electron chi connectivity index (χ3n) is 8.36. The second-order valence-corrected chi connectivity index (χ2v) is 23.0. The fourth-order valence-electron chi connectivity index (χ4n) is 5.60. The highest BCUT2D eigenvalue weighted by Gasteiger charge is 2.28. The van der Waals surface area contributed by atoms with Crippen LogP contribution in [-0.2, 0) is 29.0 Å². The summed E-state index contributed by atoms with van der Waals surface area (Å²) in [7, 11) is 0.185. The molecule has 1 aliphatic heterocycles. The number of anilines is 2. The second-order valence-electron chi connectivity index (χ2n) is 13.2. The maximum Gasteiger partial charge on any atom is 0.357 e. The lowest BCUT2D eigenvalue weighted by Gasteiger charge is -2.28. The van der Waals surface area contributed by atoms with Crippen LogP contribution >= 0.6 is 61.2 Å². The van der Waals surface area contributed by atoms with Crippen molar-refractivity contribution in [3.63, 3.8) is 0 Å². The molecular formula is C35H40BrIN6O4S2Si. The number of aryl methyl sites for hydroxylation is 1. The molecule has 0 fully saturated rings. The summed E-state index contributed by atoms with van der Waals surface area (Å²) >= 11 is 8.96. The van der Waals surface area contributed by atoms with Gasteiger partial charge < -0.3 is 19.1 Å². The summed E-state index contributed by atoms with van der Waals surface area (Å²) in [5.41, 5.74) is 3.52. The van der Waals surface area contributed by atoms with E-state index >= 15 is 0 Å². The maximum absolute atomic E-state index is 12.8. The number of nitrogens with zero attached hydrogens (tertiary/aromatic N) is 6. The van der Waals surface area contributed by atoms with E-state index in [4.69, 9.17) is 29.3 Å². The van der Waals surface area contributed by atoms with E-state index in [0.29, 0.717) is 42.8 Å². The number of carbonyl (C=O) groups is 1. The third kappa shape index (κ3) is 8.66. The van der Waals surface area contributed by atoms with Crippen LogP contribution in [0.1, 0.15) is 39.3 Å². The van der Waals surface area contributed by atoms with Crippen molar-refractivity contribution in [3.05, 3.63) is 77.0 Å². The van der Waals surface area contributed by atoms with Crippen molar-refractivity contribution in [1.29, 1.82) is 0 Å². The van der Waals surface area contributed by atoms with Crippen molar-refractivity contribution in [3.8, 4) is 5.75 Å². The molecule has 0 radical (unpaired) electrons. The molecule has 50 heavy (non-hydrogen) atoms. The first-order valence-corrected chi connectivity index (χ1v) is 23.7. The van der Waals surface area contributed by atoms with E-state index in [1.807, 2.05) is 30.3 Å². The molecule has 6 rings (SSSR count). The second kappa shape index (κ2) is 16.3. The molecular weight excluding hydrogens is 867 g/mol. The SMILES string of the molecule is COC(=O)c1nc(N2CCCc3c2nnc(N=c2sc4ccccc4n2COCC[Si](C)(C)C)c3C)sc1CCCOc1ccc(I)cc1Br. The van der Waals surface area contributed by atoms with Gasteiger partial charge in [-0.15, -0.1) is 21.5 Å². The number of carbonyl (C=O) groups excluding carboxylic acids is 1. The normalized spacial score (nSPS) is 13.6. The summed E-state index contributed by atoms with van der Waals surface area (Å²) in [4.78, 5) is 26.4. The van der Waals surface area contributed by atoms with Crippen LogP contribution < -0.4 is 14.4 Å². The number of benzene rings is 2. The predicted octanol–water partition coefficient (Wildman–Crippen LogP) is 9.05. The Balaban J connectivity index is 1.25. The minimum absolute atomic E-state index is 0.341. The lowest BCUT2D eigenvalue weighted by molar-refractivity contribution is 0.0593. The number of para-hydroxylation sites is 1. The van der Waals surface area contributed by atoms with Gasteiger partial charge in [0.05, 0.1) is 28.4 Å². The van der Waals surface area contributed by atoms with Gasteiger partial charge in [0.15, 0.2) is 27.3 Å². The smallest absolute Gasteiger partial charge is 0.357 e. The number of thiazole rings is 2. The fourth-order valence-corrected chi connectivity index (χ4v) is 9.91. The van der Waals surface area contributed by atoms with Gasteiger partial charge in [0.1, 0.15) is 12.5 Å². The molecule has 10 nitrogen and oxygen atoms in total. The van der Waals surface area contributed by atoms with Crippen molar-refractivity contribution in [2.24, 2.45) is 4.99 Å². The van der Waals surface area contributed by atoms with Crippen LogP contribution in [0.2, 0.25) is 25.7 Å². The molecule has 0 saturated heterocycles. The molecule has 4 heterocycles. The van der Waals surface area contributed by atoms with Crippen molar-refractivity contribution in [2.45, 2.75) is 65.0 Å². The number of fused-ring (bicyclic) bond motifs is 2. The van der Waals surface area contributed by atoms with Gasteiger partial charge in [-0.2, -0.15) is 4.99 Å². The number of halogens is 2. The average molecular weight is 908 g/mol. The first-order chi connectivity index (χ1) is 24.0. The van der Waals surface area contributed by atoms with E-state index in [0.717, 1.165) is 82.7 Å². The molecule has 3 aromatic heterocycles. The molecule has 0 spiro atoms. The van der Waals surface area contributed by atoms with Crippen LogP contribution in [0, 0.1) is 10.5 Å². The molecule has 264 valence electrons. The van der Waals surface area contributed by atoms with Crippen molar-refractivity contribution in [2.75, 3.05) is 31.8 Å². The Morgan fingerprint density at radius 3 is 2.72 bits per heavy atom. The van der Waals surface area contributed by atoms with Crippen LogP contribution in [0.3, 0.4) is 0 Å². The minimum atomic E-state index is -1.20. The number of aromatic nitrogens is 4. The summed E-state index contributed by atoms with van der Waals surface area (Å²) in [6, 6.07) is 15.4. The first kappa shape index (κ1) is 37.1. The van der Waals surface area contributed by atoms with E-state index in [1.165, 1.54) is 18.4 Å². The molecule has 0 bridgehead atoms. The quantitative estimate of drug-likeness (QED) is 0.0500. The Morgan fingerprint density at radius 2 is 1.94 bits per heavy atom. The molecule has 0 saturated carbocycles. The summed E-state index contributed by atoms with van der Waals surface area (Å²) in [5.74, 6) is 1.71. The number of hydrogen-bond donors (Lipinski definition) is 0. The van der Waals surface area contributed by atoms with Crippen molar-refractivity contribution < 1.29 is 19.0 Å². The van der Waals surface area contributed by atoms with Gasteiger partial charge in [-0.3, -0.25) is 4.57 Å². The molecule has 0 atom stereocenters. The fraction of sp³-hybridized carbons (Fsp3) is 0.400. The monoisotopic (exact) mass is 906 g/mol. The standard InChI is InChI=1S/C35H40BrIN6O4S2Si/c1-22-24-10-8-16-42(34-38-30(33(44)45-2)29(49-34)13-9-17-47-27-15-14-23(37)20-25(27)36)32(24)41-40-31(22)39-35-43(21-46-18-19-50(3,4)5)26-11-6-7-12-28(26)48-35/h6-7,11-12,14-15,20H,8-10,13,16-19,21H2,1-5H3. The number of hydrogen-bond acceptors (Lipinski definition) is 11. The molecule has 0 N–H and O–H groups in total. The van der Waals surface area contributed by atoms with Gasteiger partial charge >= 0.3 is 5.97 Å². The summed E-state index contributed by atoms with van der Waals surface area (Å²) in [6.07, 6.45) is 3.11. The van der Waals surface area contributed by atoms with Gasteiger partial charge in [0.2, 0.25) is 0 Å². The van der Waals surface area contributed by atoms with Gasteiger partial charge in [0.25, 0.3) is 0 Å². The zero-order valence-electron chi connectivity index (χ0n) is 28.8. The maximum atomic E-state index is 12.8. The van der Waals surface area contributed by atoms with Gasteiger partial charge in [-0.1, -0.05) is 43.1 Å². The highest BCUT2D eigenvalue weighted by atomic mass is 127. The van der Waals surface area contributed by atoms with Gasteiger partial charge in [0, 0.05) is 40.8 Å². The number of ether oxygens (including phenoxy) is 3. The highest BCUT2D eigenvalue weighted by molar-refractivity contribution is 14.1. The molecule has 5 aromatic rings. The molecule has 1 aliphatic rings. The van der Waals surface area contributed by atoms with Crippen LogP contribution in [-0.4, -0.2) is 60.7 Å². The van der Waals surface area contributed by atoms with Crippen LogP contribution in [0.5, 0.6) is 5.75 Å².